The van der Waals surface area contributed by atoms with E-state index in [2.05, 4.69) is 39.1 Å². The molecule has 0 bridgehead atoms. The summed E-state index contributed by atoms with van der Waals surface area (Å²) in [6.07, 6.45) is 20.5. The van der Waals surface area contributed by atoms with Crippen molar-refractivity contribution in [2.75, 3.05) is 6.54 Å². The second-order valence-corrected chi connectivity index (χ2v) is 12.1. The highest BCUT2D eigenvalue weighted by Gasteiger charge is 2.29. The third-order valence-corrected chi connectivity index (χ3v) is 8.35. The van der Waals surface area contributed by atoms with E-state index in [0.717, 1.165) is 51.4 Å². The zero-order chi connectivity index (χ0) is 27.8. The van der Waals surface area contributed by atoms with Crippen molar-refractivity contribution < 1.29 is 18.0 Å². The van der Waals surface area contributed by atoms with Gasteiger partial charge in [0.25, 0.3) is 5.91 Å². The fourth-order valence-corrected chi connectivity index (χ4v) is 6.05. The number of nitrogens with one attached hydrogen (secondary N) is 1. The maximum atomic E-state index is 13.1. The third-order valence-electron chi connectivity index (χ3n) is 6.97. The first-order chi connectivity index (χ1) is 17.8. The Morgan fingerprint density at radius 1 is 0.676 bits per heavy atom. The third kappa shape index (κ3) is 23.0. The number of halogens is 3. The van der Waals surface area contributed by atoms with E-state index in [4.69, 9.17) is 0 Å². The largest absolute Gasteiger partial charge is 0.405 e. The molecule has 0 aliphatic carbocycles. The first-order valence-electron chi connectivity index (χ1n) is 15.5. The van der Waals surface area contributed by atoms with Crippen LogP contribution in [0.15, 0.2) is 11.0 Å². The molecule has 0 aromatic rings. The fraction of sp³-hybridized carbons (Fsp3) is 0.903. The standard InChI is InChI=1S/C31H58F3NOS/c1-5-9-13-17-21-27(22-18-14-10-6-2)25-29(30(36)35-26-31(32,33)34)37-28(23-19-15-11-7-3)24-20-16-12-8-4/h25,27-28H,5-24,26H2,1-4H3,(H,35,36)/b29-25-. The molecular formula is C31H58F3NOS. The Morgan fingerprint density at radius 3 is 1.46 bits per heavy atom. The fourth-order valence-electron chi connectivity index (χ4n) is 4.67. The van der Waals surface area contributed by atoms with Gasteiger partial charge in [-0.1, -0.05) is 137 Å². The van der Waals surface area contributed by atoms with E-state index in [-0.39, 0.29) is 11.2 Å². The van der Waals surface area contributed by atoms with Gasteiger partial charge in [-0.3, -0.25) is 4.79 Å². The summed E-state index contributed by atoms with van der Waals surface area (Å²) in [4.78, 5) is 13.6. The van der Waals surface area contributed by atoms with E-state index in [1.165, 1.54) is 77.0 Å². The molecule has 2 nitrogen and oxygen atoms in total. The van der Waals surface area contributed by atoms with Crippen LogP contribution in [0.25, 0.3) is 0 Å². The Hall–Kier alpha value is -0.650. The van der Waals surface area contributed by atoms with E-state index in [1.807, 2.05) is 0 Å². The summed E-state index contributed by atoms with van der Waals surface area (Å²) in [5.74, 6) is -0.282. The number of thioether (sulfide) groups is 1. The minimum atomic E-state index is -4.40. The molecule has 0 aliphatic rings. The van der Waals surface area contributed by atoms with Gasteiger partial charge in [0.1, 0.15) is 6.54 Å². The highest BCUT2D eigenvalue weighted by Crippen LogP contribution is 2.33. The Labute approximate surface area is 231 Å². The van der Waals surface area contributed by atoms with Crippen molar-refractivity contribution in [1.29, 1.82) is 0 Å². The van der Waals surface area contributed by atoms with E-state index in [9.17, 15) is 18.0 Å². The number of carbonyl (C=O) groups excluding carboxylic acids is 1. The topological polar surface area (TPSA) is 29.1 Å². The first kappa shape index (κ1) is 36.4. The van der Waals surface area contributed by atoms with Crippen molar-refractivity contribution in [3.63, 3.8) is 0 Å². The van der Waals surface area contributed by atoms with Gasteiger partial charge in [-0.25, -0.2) is 0 Å². The smallest absolute Gasteiger partial charge is 0.342 e. The van der Waals surface area contributed by atoms with Gasteiger partial charge in [-0.05, 0) is 31.6 Å². The van der Waals surface area contributed by atoms with Gasteiger partial charge >= 0.3 is 6.18 Å². The Balaban J connectivity index is 5.65. The van der Waals surface area contributed by atoms with Crippen LogP contribution in [0.5, 0.6) is 0 Å². The van der Waals surface area contributed by atoms with E-state index in [0.29, 0.717) is 4.91 Å². The minimum Gasteiger partial charge on any atom is -0.342 e. The van der Waals surface area contributed by atoms with Crippen LogP contribution in [0.4, 0.5) is 13.2 Å². The lowest BCUT2D eigenvalue weighted by molar-refractivity contribution is -0.135. The molecular weight excluding hydrogens is 491 g/mol. The van der Waals surface area contributed by atoms with Crippen molar-refractivity contribution in [3.05, 3.63) is 11.0 Å². The molecule has 37 heavy (non-hydrogen) atoms. The van der Waals surface area contributed by atoms with E-state index < -0.39 is 18.6 Å². The van der Waals surface area contributed by atoms with Crippen molar-refractivity contribution in [1.82, 2.24) is 5.32 Å². The van der Waals surface area contributed by atoms with Crippen LogP contribution < -0.4 is 5.32 Å². The number of hydrogen-bond acceptors (Lipinski definition) is 2. The van der Waals surface area contributed by atoms with E-state index in [1.54, 1.807) is 11.8 Å². The lowest BCUT2D eigenvalue weighted by Crippen LogP contribution is -2.34. The average molecular weight is 550 g/mol. The summed E-state index contributed by atoms with van der Waals surface area (Å²) in [5, 5.41) is 2.48. The van der Waals surface area contributed by atoms with E-state index >= 15 is 0 Å². The molecule has 1 N–H and O–H groups in total. The predicted octanol–water partition coefficient (Wildman–Crippen LogP) is 11.1. The normalized spacial score (nSPS) is 12.6. The van der Waals surface area contributed by atoms with Gasteiger partial charge in [0.2, 0.25) is 0 Å². The number of allylic oxidation sites excluding steroid dienone is 1. The maximum Gasteiger partial charge on any atom is 0.405 e. The van der Waals surface area contributed by atoms with Crippen LogP contribution in [0, 0.1) is 5.92 Å². The molecule has 0 rings (SSSR count). The quantitative estimate of drug-likeness (QED) is 0.0906. The molecule has 0 heterocycles. The van der Waals surface area contributed by atoms with Crippen LogP contribution in [0.3, 0.4) is 0 Å². The monoisotopic (exact) mass is 549 g/mol. The lowest BCUT2D eigenvalue weighted by atomic mass is 9.94. The molecule has 6 heteroatoms. The summed E-state index contributed by atoms with van der Waals surface area (Å²) in [7, 11) is 0. The Kier molecular flexibility index (Phi) is 24.0. The number of rotatable bonds is 25. The molecule has 0 saturated carbocycles. The van der Waals surface area contributed by atoms with Crippen molar-refractivity contribution >= 4 is 17.7 Å². The van der Waals surface area contributed by atoms with Gasteiger partial charge in [-0.2, -0.15) is 13.2 Å². The number of carbonyl (C=O) groups is 1. The second-order valence-electron chi connectivity index (χ2n) is 10.7. The highest BCUT2D eigenvalue weighted by atomic mass is 32.2. The molecule has 220 valence electrons. The number of hydrogen-bond donors (Lipinski definition) is 1. The Morgan fingerprint density at radius 2 is 1.08 bits per heavy atom. The molecule has 0 saturated heterocycles. The molecule has 0 radical (unpaired) electrons. The molecule has 0 spiro atoms. The van der Waals surface area contributed by atoms with Gasteiger partial charge in [-0.15, -0.1) is 11.8 Å². The molecule has 0 aromatic carbocycles. The van der Waals surface area contributed by atoms with Crippen molar-refractivity contribution in [2.24, 2.45) is 5.92 Å². The number of unbranched alkanes of at least 4 members (excludes halogenated alkanes) is 12. The summed E-state index contributed by atoms with van der Waals surface area (Å²) in [5.41, 5.74) is 0. The van der Waals surface area contributed by atoms with Gasteiger partial charge in [0.05, 0.1) is 4.91 Å². The SMILES string of the molecule is CCCCCCC(/C=C(\SC(CCCCCC)CCCCCC)C(=O)NCC(F)(F)F)CCCCCC. The van der Waals surface area contributed by atoms with Crippen LogP contribution in [0.1, 0.15) is 156 Å². The molecule has 0 atom stereocenters. The summed E-state index contributed by atoms with van der Waals surface area (Å²) in [6, 6.07) is 0. The maximum absolute atomic E-state index is 13.1. The molecule has 0 fully saturated rings. The first-order valence-corrected chi connectivity index (χ1v) is 16.4. The summed E-state index contributed by atoms with van der Waals surface area (Å²) < 4.78 is 38.8. The zero-order valence-electron chi connectivity index (χ0n) is 24.5. The van der Waals surface area contributed by atoms with Gasteiger partial charge < -0.3 is 5.32 Å². The number of amides is 1. The summed E-state index contributed by atoms with van der Waals surface area (Å²) >= 11 is 1.56. The van der Waals surface area contributed by atoms with Crippen LogP contribution in [0.2, 0.25) is 0 Å². The van der Waals surface area contributed by atoms with Gasteiger partial charge in [0, 0.05) is 5.25 Å². The molecule has 1 amide bonds. The number of alkyl halides is 3. The molecule has 0 aliphatic heterocycles. The van der Waals surface area contributed by atoms with Crippen molar-refractivity contribution in [2.45, 2.75) is 168 Å². The second kappa shape index (κ2) is 24.4. The van der Waals surface area contributed by atoms with Crippen LogP contribution in [-0.4, -0.2) is 23.9 Å². The lowest BCUT2D eigenvalue weighted by Gasteiger charge is -2.21. The Bertz CT molecular complexity index is 541. The summed E-state index contributed by atoms with van der Waals surface area (Å²) in [6.45, 7) is 7.53. The molecule has 0 unspecified atom stereocenters. The average Bonchev–Trinajstić information content (AvgIpc) is 2.86. The van der Waals surface area contributed by atoms with Crippen molar-refractivity contribution in [3.8, 4) is 0 Å². The highest BCUT2D eigenvalue weighted by molar-refractivity contribution is 8.04. The molecule has 0 aromatic heterocycles. The predicted molar refractivity (Wildman–Crippen MR) is 157 cm³/mol. The van der Waals surface area contributed by atoms with Crippen LogP contribution >= 0.6 is 11.8 Å². The zero-order valence-corrected chi connectivity index (χ0v) is 25.3. The minimum absolute atomic E-state index is 0.258. The van der Waals surface area contributed by atoms with Gasteiger partial charge in [0.15, 0.2) is 0 Å². The van der Waals surface area contributed by atoms with Crippen LogP contribution in [-0.2, 0) is 4.79 Å².